The number of rotatable bonds is 17. The van der Waals surface area contributed by atoms with Crippen molar-refractivity contribution in [2.45, 2.75) is 147 Å². The van der Waals surface area contributed by atoms with Crippen LogP contribution in [0.3, 0.4) is 0 Å². The van der Waals surface area contributed by atoms with Crippen LogP contribution in [-0.4, -0.2) is 84.7 Å². The Morgan fingerprint density at radius 1 is 0.848 bits per heavy atom. The molecule has 0 aromatic heterocycles. The van der Waals surface area contributed by atoms with Gasteiger partial charge in [0.1, 0.15) is 0 Å². The van der Waals surface area contributed by atoms with Crippen molar-refractivity contribution in [3.8, 4) is 0 Å². The third kappa shape index (κ3) is 12.4. The maximum atomic E-state index is 13.9. The first kappa shape index (κ1) is 38.7. The zero-order valence-corrected chi connectivity index (χ0v) is 29.6. The highest BCUT2D eigenvalue weighted by atomic mass is 32.2. The molecule has 0 aliphatic heterocycles. The van der Waals surface area contributed by atoms with E-state index in [0.29, 0.717) is 44.3 Å². The molecule has 0 spiro atoms. The number of aliphatic hydroxyl groups is 1. The number of nitrogens with one attached hydrogen (secondary N) is 2. The normalized spacial score (nSPS) is 24.7. The number of amides is 3. The minimum absolute atomic E-state index is 0.0408. The number of carbonyl (C=O) groups is 3. The number of likely N-dealkylation sites (N-methyl/N-ethyl adjacent to an activating group) is 1. The maximum Gasteiger partial charge on any atom is 0.234 e. The lowest BCUT2D eigenvalue weighted by Gasteiger charge is -2.37. The summed E-state index contributed by atoms with van der Waals surface area (Å²) in [7, 11) is -3.97. The molecule has 3 amide bonds. The highest BCUT2D eigenvalue weighted by Gasteiger charge is 2.42. The summed E-state index contributed by atoms with van der Waals surface area (Å²) >= 11 is 0. The van der Waals surface area contributed by atoms with Crippen LogP contribution in [0.4, 0.5) is 0 Å². The van der Waals surface area contributed by atoms with Crippen LogP contribution in [0.5, 0.6) is 0 Å². The Bertz CT molecular complexity index is 1060. The zero-order valence-electron chi connectivity index (χ0n) is 28.8. The van der Waals surface area contributed by atoms with Crippen molar-refractivity contribution in [3.63, 3.8) is 0 Å². The lowest BCUT2D eigenvalue weighted by atomic mass is 9.79. The van der Waals surface area contributed by atoms with E-state index in [0.717, 1.165) is 51.4 Å². The zero-order chi connectivity index (χ0) is 33.7. The van der Waals surface area contributed by atoms with Crippen LogP contribution in [-0.2, 0) is 24.4 Å². The molecule has 0 heterocycles. The Hall–Kier alpha value is -1.76. The molecule has 5 atom stereocenters. The molecule has 3 aliphatic rings. The predicted octanol–water partition coefficient (Wildman–Crippen LogP) is 3.85. The summed E-state index contributed by atoms with van der Waals surface area (Å²) in [6.45, 7) is 7.77. The molecule has 12 heteroatoms. The van der Waals surface area contributed by atoms with Crippen molar-refractivity contribution in [1.29, 1.82) is 0 Å². The number of hydrazine groups is 1. The largest absolute Gasteiger partial charge is 0.390 e. The minimum Gasteiger partial charge on any atom is -0.390 e. The van der Waals surface area contributed by atoms with E-state index in [2.05, 4.69) is 10.7 Å². The smallest absolute Gasteiger partial charge is 0.234 e. The lowest BCUT2D eigenvalue weighted by molar-refractivity contribution is -0.138. The number of hydrogen-bond donors (Lipinski definition) is 4. The van der Waals surface area contributed by atoms with Gasteiger partial charge in [-0.25, -0.2) is 18.6 Å². The molecule has 3 rings (SSSR count). The molecule has 266 valence electrons. The Balaban J connectivity index is 1.73. The Morgan fingerprint density at radius 2 is 1.41 bits per heavy atom. The van der Waals surface area contributed by atoms with Gasteiger partial charge in [0.25, 0.3) is 0 Å². The molecule has 5 unspecified atom stereocenters. The Kier molecular flexibility index (Phi) is 16.2. The first-order chi connectivity index (χ1) is 21.9. The number of nitrogens with two attached hydrogens (primary N) is 1. The number of hydrogen-bond acceptors (Lipinski definition) is 7. The summed E-state index contributed by atoms with van der Waals surface area (Å²) in [6.07, 6.45) is 13.4. The highest BCUT2D eigenvalue weighted by molar-refractivity contribution is 7.89. The molecule has 5 N–H and O–H groups in total. The van der Waals surface area contributed by atoms with Gasteiger partial charge in [-0.05, 0) is 63.2 Å². The standard InChI is InChI=1S/C34H63N5O6S/c1-4-17-38(18-5-2)34(43)28-21-27(22-29(23-28)46(35,44)45)33(42)36-30(19-25-13-9-7-10-14-25)31(40)24-39(6-3)37-32(41)20-26-15-11-8-12-16-26/h25-31,40H,4-24H2,1-3H3,(H,36,42)(H,37,41)(H2,35,44,45). The average Bonchev–Trinajstić information content (AvgIpc) is 3.03. The molecule has 0 radical (unpaired) electrons. The Morgan fingerprint density at radius 3 is 1.96 bits per heavy atom. The maximum absolute atomic E-state index is 13.9. The predicted molar refractivity (Wildman–Crippen MR) is 181 cm³/mol. The second-order valence-electron chi connectivity index (χ2n) is 14.3. The summed E-state index contributed by atoms with van der Waals surface area (Å²) in [5.74, 6) is -1.05. The fourth-order valence-corrected chi connectivity index (χ4v) is 8.96. The molecule has 11 nitrogen and oxygen atoms in total. The van der Waals surface area contributed by atoms with Crippen LogP contribution in [0.1, 0.15) is 130 Å². The molecule has 46 heavy (non-hydrogen) atoms. The van der Waals surface area contributed by atoms with Crippen molar-refractivity contribution in [3.05, 3.63) is 0 Å². The van der Waals surface area contributed by atoms with E-state index < -0.39 is 39.3 Å². The monoisotopic (exact) mass is 669 g/mol. The topological polar surface area (TPSA) is 162 Å². The number of nitrogens with zero attached hydrogens (tertiary/aromatic N) is 2. The van der Waals surface area contributed by atoms with Gasteiger partial charge in [-0.15, -0.1) is 0 Å². The third-order valence-electron chi connectivity index (χ3n) is 10.5. The second-order valence-corrected chi connectivity index (χ2v) is 16.2. The van der Waals surface area contributed by atoms with Gasteiger partial charge >= 0.3 is 0 Å². The minimum atomic E-state index is -3.97. The van der Waals surface area contributed by atoms with Gasteiger partial charge in [-0.1, -0.05) is 72.1 Å². The molecule has 3 aliphatic carbocycles. The van der Waals surface area contributed by atoms with Gasteiger partial charge in [0.05, 0.1) is 17.4 Å². The van der Waals surface area contributed by atoms with E-state index in [-0.39, 0.29) is 43.5 Å². The van der Waals surface area contributed by atoms with E-state index in [4.69, 9.17) is 5.14 Å². The lowest BCUT2D eigenvalue weighted by Crippen LogP contribution is -2.55. The number of carbonyl (C=O) groups excluding carboxylic acids is 3. The summed E-state index contributed by atoms with van der Waals surface area (Å²) in [4.78, 5) is 42.1. The molecule has 0 bridgehead atoms. The van der Waals surface area contributed by atoms with Crippen LogP contribution in [0.25, 0.3) is 0 Å². The quantitative estimate of drug-likeness (QED) is 0.171. The van der Waals surface area contributed by atoms with Gasteiger partial charge in [0.2, 0.25) is 27.7 Å². The molecule has 3 saturated carbocycles. The number of primary sulfonamides is 1. The summed E-state index contributed by atoms with van der Waals surface area (Å²) in [5, 5.41) is 21.0. The van der Waals surface area contributed by atoms with Crippen LogP contribution in [0.2, 0.25) is 0 Å². The Labute approximate surface area is 278 Å². The fourth-order valence-electron chi connectivity index (χ4n) is 7.96. The van der Waals surface area contributed by atoms with E-state index in [1.807, 2.05) is 20.8 Å². The van der Waals surface area contributed by atoms with Crippen molar-refractivity contribution >= 4 is 27.7 Å². The molecular formula is C34H63N5O6S. The van der Waals surface area contributed by atoms with Gasteiger partial charge < -0.3 is 15.3 Å². The van der Waals surface area contributed by atoms with Crippen molar-refractivity contribution < 1.29 is 27.9 Å². The van der Waals surface area contributed by atoms with Crippen molar-refractivity contribution in [2.75, 3.05) is 26.2 Å². The van der Waals surface area contributed by atoms with Crippen LogP contribution in [0.15, 0.2) is 0 Å². The summed E-state index contributed by atoms with van der Waals surface area (Å²) < 4.78 is 25.1. The van der Waals surface area contributed by atoms with E-state index in [1.54, 1.807) is 9.91 Å². The van der Waals surface area contributed by atoms with Gasteiger partial charge in [-0.3, -0.25) is 19.8 Å². The van der Waals surface area contributed by atoms with Crippen LogP contribution < -0.4 is 15.9 Å². The summed E-state index contributed by atoms with van der Waals surface area (Å²) in [6, 6.07) is -0.569. The second kappa shape index (κ2) is 19.3. The van der Waals surface area contributed by atoms with Crippen LogP contribution in [0, 0.1) is 23.7 Å². The van der Waals surface area contributed by atoms with Gasteiger partial charge in [0, 0.05) is 44.4 Å². The number of aliphatic hydroxyl groups excluding tert-OH is 1. The first-order valence-corrected chi connectivity index (χ1v) is 19.9. The molecule has 0 aromatic rings. The molecular weight excluding hydrogens is 606 g/mol. The first-order valence-electron chi connectivity index (χ1n) is 18.3. The van der Waals surface area contributed by atoms with Crippen LogP contribution >= 0.6 is 0 Å². The fraction of sp³-hybridized carbons (Fsp3) is 0.912. The molecule has 0 saturated heterocycles. The van der Waals surface area contributed by atoms with Crippen molar-refractivity contribution in [1.82, 2.24) is 20.7 Å². The molecule has 3 fully saturated rings. The average molecular weight is 670 g/mol. The van der Waals surface area contributed by atoms with E-state index in [9.17, 15) is 27.9 Å². The van der Waals surface area contributed by atoms with E-state index >= 15 is 0 Å². The third-order valence-corrected chi connectivity index (χ3v) is 11.8. The number of sulfonamides is 1. The molecule has 0 aromatic carbocycles. The van der Waals surface area contributed by atoms with E-state index in [1.165, 1.54) is 25.7 Å². The highest BCUT2D eigenvalue weighted by Crippen LogP contribution is 2.35. The van der Waals surface area contributed by atoms with Crippen molar-refractivity contribution in [2.24, 2.45) is 28.8 Å². The SMILES string of the molecule is CCCN(CCC)C(=O)C1CC(C(=O)NC(CC2CCCCC2)C(O)CN(CC)NC(=O)CC2CCCCC2)CC(S(N)(=O)=O)C1. The van der Waals surface area contributed by atoms with Gasteiger partial charge in [0.15, 0.2) is 0 Å². The summed E-state index contributed by atoms with van der Waals surface area (Å²) in [5.41, 5.74) is 2.99. The van der Waals surface area contributed by atoms with Gasteiger partial charge in [-0.2, -0.15) is 0 Å².